The van der Waals surface area contributed by atoms with Gasteiger partial charge in [-0.15, -0.1) is 0 Å². The molecule has 0 atom stereocenters. The van der Waals surface area contributed by atoms with E-state index in [4.69, 9.17) is 0 Å². The number of amides is 1. The Hall–Kier alpha value is -3.81. The molecule has 3 aromatic heterocycles. The molecule has 4 rings (SSSR count). The molecule has 0 aliphatic heterocycles. The second-order valence-corrected chi connectivity index (χ2v) is 6.33. The Morgan fingerprint density at radius 2 is 1.93 bits per heavy atom. The number of hydrogen-bond donors (Lipinski definition) is 1. The average molecular weight is 374 g/mol. The van der Waals surface area contributed by atoms with E-state index in [-0.39, 0.29) is 24.6 Å². The van der Waals surface area contributed by atoms with Gasteiger partial charge in [0.05, 0.1) is 11.1 Å². The Kier molecular flexibility index (Phi) is 4.67. The van der Waals surface area contributed by atoms with Crippen molar-refractivity contribution in [3.63, 3.8) is 0 Å². The zero-order chi connectivity index (χ0) is 19.5. The van der Waals surface area contributed by atoms with Gasteiger partial charge >= 0.3 is 0 Å². The Labute approximate surface area is 160 Å². The van der Waals surface area contributed by atoms with E-state index in [9.17, 15) is 9.59 Å². The summed E-state index contributed by atoms with van der Waals surface area (Å²) < 4.78 is 2.98. The number of carbonyl (C=O) groups excluding carboxylic acids is 1. The van der Waals surface area contributed by atoms with Gasteiger partial charge in [-0.05, 0) is 19.1 Å². The molecule has 0 aliphatic rings. The molecule has 0 bridgehead atoms. The van der Waals surface area contributed by atoms with Crippen molar-refractivity contribution in [1.82, 2.24) is 29.6 Å². The first-order valence-corrected chi connectivity index (χ1v) is 8.79. The van der Waals surface area contributed by atoms with Crippen LogP contribution in [0.4, 0.5) is 0 Å². The zero-order valence-electron chi connectivity index (χ0n) is 15.2. The number of benzene rings is 1. The van der Waals surface area contributed by atoms with Crippen LogP contribution in [0.5, 0.6) is 0 Å². The fourth-order valence-corrected chi connectivity index (χ4v) is 3.08. The summed E-state index contributed by atoms with van der Waals surface area (Å²) in [6.07, 6.45) is 6.78. The van der Waals surface area contributed by atoms with E-state index >= 15 is 0 Å². The number of fused-ring (bicyclic) bond motifs is 1. The molecule has 0 unspecified atom stereocenters. The first kappa shape index (κ1) is 17.6. The number of carbonyl (C=O) groups is 1. The Morgan fingerprint density at radius 3 is 2.71 bits per heavy atom. The van der Waals surface area contributed by atoms with E-state index in [1.807, 2.05) is 25.1 Å². The summed E-state index contributed by atoms with van der Waals surface area (Å²) in [5.41, 5.74) is 1.26. The molecule has 28 heavy (non-hydrogen) atoms. The summed E-state index contributed by atoms with van der Waals surface area (Å²) in [5.74, 6) is 0.391. The van der Waals surface area contributed by atoms with E-state index in [0.717, 1.165) is 10.9 Å². The summed E-state index contributed by atoms with van der Waals surface area (Å²) in [6.45, 7) is 1.95. The predicted octanol–water partition coefficient (Wildman–Crippen LogP) is 1.60. The fourth-order valence-electron chi connectivity index (χ4n) is 3.08. The molecular weight excluding hydrogens is 356 g/mol. The highest BCUT2D eigenvalue weighted by atomic mass is 16.2. The lowest BCUT2D eigenvalue weighted by molar-refractivity contribution is -0.122. The van der Waals surface area contributed by atoms with Crippen LogP contribution in [-0.2, 0) is 17.9 Å². The minimum Gasteiger partial charge on any atom is -0.350 e. The highest BCUT2D eigenvalue weighted by Gasteiger charge is 2.12. The molecule has 0 aliphatic carbocycles. The van der Waals surface area contributed by atoms with E-state index in [1.165, 1.54) is 4.68 Å². The van der Waals surface area contributed by atoms with Gasteiger partial charge in [0.25, 0.3) is 5.56 Å². The molecule has 3 heterocycles. The fraction of sp³-hybridized carbons (Fsp3) is 0.150. The quantitative estimate of drug-likeness (QED) is 0.573. The van der Waals surface area contributed by atoms with Crippen molar-refractivity contribution in [2.24, 2.45) is 0 Å². The summed E-state index contributed by atoms with van der Waals surface area (Å²) in [7, 11) is 0. The number of nitrogens with zero attached hydrogens (tertiary/aromatic N) is 5. The van der Waals surface area contributed by atoms with Gasteiger partial charge in [0.1, 0.15) is 18.7 Å². The SMILES string of the molecule is Cc1nn(CC(=O)NCc2cccnc2-n2ccnc2)c(=O)c2ccccc12. The van der Waals surface area contributed by atoms with E-state index < -0.39 is 0 Å². The molecule has 0 saturated heterocycles. The Bertz CT molecular complexity index is 1200. The van der Waals surface area contributed by atoms with E-state index in [1.54, 1.807) is 47.7 Å². The highest BCUT2D eigenvalue weighted by Crippen LogP contribution is 2.12. The smallest absolute Gasteiger partial charge is 0.275 e. The van der Waals surface area contributed by atoms with Crippen molar-refractivity contribution in [3.05, 3.63) is 82.9 Å². The van der Waals surface area contributed by atoms with Crippen LogP contribution in [0.2, 0.25) is 0 Å². The molecule has 0 spiro atoms. The largest absolute Gasteiger partial charge is 0.350 e. The van der Waals surface area contributed by atoms with Crippen LogP contribution in [0.1, 0.15) is 11.3 Å². The average Bonchev–Trinajstić information content (AvgIpc) is 3.25. The number of nitrogens with one attached hydrogen (secondary N) is 1. The molecule has 1 aromatic carbocycles. The molecule has 1 N–H and O–H groups in total. The molecule has 8 nitrogen and oxygen atoms in total. The summed E-state index contributed by atoms with van der Waals surface area (Å²) in [5, 5.41) is 8.45. The molecule has 0 saturated carbocycles. The first-order valence-electron chi connectivity index (χ1n) is 8.79. The second kappa shape index (κ2) is 7.43. The van der Waals surface area contributed by atoms with Crippen molar-refractivity contribution >= 4 is 16.7 Å². The molecule has 4 aromatic rings. The molecular formula is C20H18N6O2. The van der Waals surface area contributed by atoms with Crippen LogP contribution < -0.4 is 10.9 Å². The Balaban J connectivity index is 1.52. The molecule has 8 heteroatoms. The van der Waals surface area contributed by atoms with Crippen molar-refractivity contribution in [2.45, 2.75) is 20.0 Å². The van der Waals surface area contributed by atoms with Crippen molar-refractivity contribution in [2.75, 3.05) is 0 Å². The minimum absolute atomic E-state index is 0.148. The van der Waals surface area contributed by atoms with Crippen LogP contribution >= 0.6 is 0 Å². The number of pyridine rings is 1. The zero-order valence-corrected chi connectivity index (χ0v) is 15.2. The molecule has 1 amide bonds. The normalized spacial score (nSPS) is 10.9. The number of imidazole rings is 1. The Morgan fingerprint density at radius 1 is 1.11 bits per heavy atom. The van der Waals surface area contributed by atoms with Gasteiger partial charge in [-0.3, -0.25) is 14.2 Å². The third-order valence-electron chi connectivity index (χ3n) is 4.44. The van der Waals surface area contributed by atoms with Crippen LogP contribution in [-0.4, -0.2) is 30.2 Å². The minimum atomic E-state index is -0.301. The maximum absolute atomic E-state index is 12.6. The lowest BCUT2D eigenvalue weighted by Gasteiger charge is -2.11. The standard InChI is InChI=1S/C20H18N6O2/c1-14-16-6-2-3-7-17(16)20(28)26(24-14)12-18(27)23-11-15-5-4-8-22-19(15)25-10-9-21-13-25/h2-10,13H,11-12H2,1H3,(H,23,27). The topological polar surface area (TPSA) is 94.7 Å². The van der Waals surface area contributed by atoms with Crippen LogP contribution in [0.15, 0.2) is 66.1 Å². The number of rotatable bonds is 5. The van der Waals surface area contributed by atoms with Crippen molar-refractivity contribution in [3.8, 4) is 5.82 Å². The van der Waals surface area contributed by atoms with Gasteiger partial charge in [-0.2, -0.15) is 5.10 Å². The van der Waals surface area contributed by atoms with E-state index in [2.05, 4.69) is 20.4 Å². The van der Waals surface area contributed by atoms with Gasteiger partial charge in [0.2, 0.25) is 5.91 Å². The van der Waals surface area contributed by atoms with Crippen molar-refractivity contribution < 1.29 is 4.79 Å². The number of aryl methyl sites for hydroxylation is 1. The third kappa shape index (κ3) is 3.39. The molecule has 0 radical (unpaired) electrons. The third-order valence-corrected chi connectivity index (χ3v) is 4.44. The second-order valence-electron chi connectivity index (χ2n) is 6.33. The summed E-state index contributed by atoms with van der Waals surface area (Å²) in [6, 6.07) is 10.9. The summed E-state index contributed by atoms with van der Waals surface area (Å²) >= 11 is 0. The van der Waals surface area contributed by atoms with Crippen LogP contribution in [0.25, 0.3) is 16.6 Å². The monoisotopic (exact) mass is 374 g/mol. The van der Waals surface area contributed by atoms with Gasteiger partial charge in [-0.1, -0.05) is 24.3 Å². The molecule has 0 fully saturated rings. The van der Waals surface area contributed by atoms with Crippen LogP contribution in [0, 0.1) is 6.92 Å². The maximum atomic E-state index is 12.6. The van der Waals surface area contributed by atoms with Gasteiger partial charge in [0.15, 0.2) is 0 Å². The lowest BCUT2D eigenvalue weighted by Crippen LogP contribution is -2.34. The van der Waals surface area contributed by atoms with Crippen LogP contribution in [0.3, 0.4) is 0 Å². The predicted molar refractivity (Wildman–Crippen MR) is 104 cm³/mol. The van der Waals surface area contributed by atoms with Gasteiger partial charge in [0, 0.05) is 36.1 Å². The lowest BCUT2D eigenvalue weighted by atomic mass is 10.1. The first-order chi connectivity index (χ1) is 13.6. The van der Waals surface area contributed by atoms with Crippen molar-refractivity contribution in [1.29, 1.82) is 0 Å². The maximum Gasteiger partial charge on any atom is 0.275 e. The number of hydrogen-bond acceptors (Lipinski definition) is 5. The highest BCUT2D eigenvalue weighted by molar-refractivity contribution is 5.83. The van der Waals surface area contributed by atoms with Gasteiger partial charge < -0.3 is 5.32 Å². The van der Waals surface area contributed by atoms with E-state index in [0.29, 0.717) is 16.9 Å². The van der Waals surface area contributed by atoms with Gasteiger partial charge in [-0.25, -0.2) is 14.6 Å². The number of aromatic nitrogens is 5. The summed E-state index contributed by atoms with van der Waals surface area (Å²) in [4.78, 5) is 33.4. The molecule has 140 valence electrons.